The van der Waals surface area contributed by atoms with E-state index in [1.165, 1.54) is 10.9 Å². The van der Waals surface area contributed by atoms with Gasteiger partial charge in [-0.25, -0.2) is 14.1 Å². The number of aromatic nitrogens is 2. The molecular weight excluding hydrogens is 159 g/mol. The molecule has 0 fully saturated rings. The minimum Gasteiger partial charge on any atom is -0.259 e. The van der Waals surface area contributed by atoms with Gasteiger partial charge in [0.2, 0.25) is 0 Å². The Morgan fingerprint density at radius 1 is 1.50 bits per heavy atom. The fourth-order valence-electron chi connectivity index (χ4n) is 0.887. The standard InChI is InChI=1S/C7H9FN4/c1-9-6-5-11-12(4-3-8)7(6)10-2/h5H,1-4H2. The maximum absolute atomic E-state index is 11.9. The Balaban J connectivity index is 3.04. The quantitative estimate of drug-likeness (QED) is 0.628. The summed E-state index contributed by atoms with van der Waals surface area (Å²) in [6.07, 6.45) is 1.48. The first kappa shape index (κ1) is 8.58. The van der Waals surface area contributed by atoms with Gasteiger partial charge in [-0.1, -0.05) is 0 Å². The first-order valence-corrected chi connectivity index (χ1v) is 3.38. The monoisotopic (exact) mass is 168 g/mol. The van der Waals surface area contributed by atoms with E-state index in [9.17, 15) is 4.39 Å². The highest BCUT2D eigenvalue weighted by Gasteiger charge is 2.06. The fourth-order valence-corrected chi connectivity index (χ4v) is 0.887. The molecule has 5 heteroatoms. The molecule has 64 valence electrons. The van der Waals surface area contributed by atoms with Gasteiger partial charge in [-0.05, 0) is 13.4 Å². The number of hydrogen-bond donors (Lipinski definition) is 0. The van der Waals surface area contributed by atoms with Gasteiger partial charge in [0.15, 0.2) is 5.82 Å². The molecule has 0 N–H and O–H groups in total. The van der Waals surface area contributed by atoms with Crippen molar-refractivity contribution in [1.82, 2.24) is 9.78 Å². The normalized spacial score (nSPS) is 9.75. The van der Waals surface area contributed by atoms with Crippen molar-refractivity contribution >= 4 is 24.9 Å². The maximum Gasteiger partial charge on any atom is 0.176 e. The summed E-state index contributed by atoms with van der Waals surface area (Å²) in [5.41, 5.74) is 0.526. The summed E-state index contributed by atoms with van der Waals surface area (Å²) in [5, 5.41) is 3.86. The first-order valence-electron chi connectivity index (χ1n) is 3.38. The van der Waals surface area contributed by atoms with Gasteiger partial charge in [-0.3, -0.25) is 4.99 Å². The molecule has 0 amide bonds. The highest BCUT2D eigenvalue weighted by molar-refractivity contribution is 5.62. The van der Waals surface area contributed by atoms with E-state index in [1.54, 1.807) is 0 Å². The van der Waals surface area contributed by atoms with Crippen molar-refractivity contribution < 1.29 is 4.39 Å². The molecule has 0 atom stereocenters. The molecular formula is C7H9FN4. The van der Waals surface area contributed by atoms with Crippen LogP contribution in [0.2, 0.25) is 0 Å². The predicted molar refractivity (Wildman–Crippen MR) is 46.6 cm³/mol. The van der Waals surface area contributed by atoms with Gasteiger partial charge in [-0.15, -0.1) is 0 Å². The average molecular weight is 168 g/mol. The second-order valence-corrected chi connectivity index (χ2v) is 2.08. The summed E-state index contributed by atoms with van der Waals surface area (Å²) in [4.78, 5) is 7.32. The zero-order chi connectivity index (χ0) is 8.97. The molecule has 0 saturated carbocycles. The van der Waals surface area contributed by atoms with Crippen LogP contribution in [0.5, 0.6) is 0 Å². The number of halogens is 1. The molecule has 4 nitrogen and oxygen atoms in total. The fraction of sp³-hybridized carbons (Fsp3) is 0.286. The number of nitrogens with zero attached hydrogens (tertiary/aromatic N) is 4. The topological polar surface area (TPSA) is 42.5 Å². The molecule has 1 aromatic rings. The smallest absolute Gasteiger partial charge is 0.176 e. The van der Waals surface area contributed by atoms with Crippen LogP contribution in [0.15, 0.2) is 16.2 Å². The van der Waals surface area contributed by atoms with E-state index in [4.69, 9.17) is 0 Å². The number of alkyl halides is 1. The van der Waals surface area contributed by atoms with E-state index in [-0.39, 0.29) is 6.54 Å². The van der Waals surface area contributed by atoms with E-state index in [2.05, 4.69) is 28.5 Å². The average Bonchev–Trinajstić information content (AvgIpc) is 2.47. The Morgan fingerprint density at radius 2 is 2.25 bits per heavy atom. The molecule has 0 aliphatic rings. The van der Waals surface area contributed by atoms with Gasteiger partial charge in [-0.2, -0.15) is 5.10 Å². The van der Waals surface area contributed by atoms with Crippen molar-refractivity contribution in [2.45, 2.75) is 6.54 Å². The van der Waals surface area contributed by atoms with Crippen LogP contribution in [0.25, 0.3) is 0 Å². The number of aliphatic imine (C=N–C) groups is 2. The second-order valence-electron chi connectivity index (χ2n) is 2.08. The van der Waals surface area contributed by atoms with Crippen molar-refractivity contribution in [1.29, 1.82) is 0 Å². The van der Waals surface area contributed by atoms with Crippen LogP contribution in [0.1, 0.15) is 0 Å². The van der Waals surface area contributed by atoms with Gasteiger partial charge in [0.25, 0.3) is 0 Å². The molecule has 0 radical (unpaired) electrons. The van der Waals surface area contributed by atoms with Crippen LogP contribution >= 0.6 is 0 Å². The Bertz CT molecular complexity index is 292. The van der Waals surface area contributed by atoms with Gasteiger partial charge < -0.3 is 0 Å². The highest BCUT2D eigenvalue weighted by atomic mass is 19.1. The number of aryl methyl sites for hydroxylation is 1. The summed E-state index contributed by atoms with van der Waals surface area (Å²) in [6, 6.07) is 0. The first-order chi connectivity index (χ1) is 5.83. The molecule has 12 heavy (non-hydrogen) atoms. The number of rotatable bonds is 4. The minimum absolute atomic E-state index is 0.171. The highest BCUT2D eigenvalue weighted by Crippen LogP contribution is 2.25. The maximum atomic E-state index is 11.9. The zero-order valence-electron chi connectivity index (χ0n) is 6.57. The van der Waals surface area contributed by atoms with Crippen molar-refractivity contribution in [3.8, 4) is 0 Å². The van der Waals surface area contributed by atoms with Crippen LogP contribution < -0.4 is 0 Å². The zero-order valence-corrected chi connectivity index (χ0v) is 6.57. The van der Waals surface area contributed by atoms with Crippen LogP contribution in [0, 0.1) is 0 Å². The Kier molecular flexibility index (Phi) is 2.68. The van der Waals surface area contributed by atoms with E-state index in [0.29, 0.717) is 11.5 Å². The largest absolute Gasteiger partial charge is 0.259 e. The van der Waals surface area contributed by atoms with E-state index < -0.39 is 6.67 Å². The Labute approximate surface area is 69.5 Å². The lowest BCUT2D eigenvalue weighted by molar-refractivity contribution is 0.429. The van der Waals surface area contributed by atoms with Crippen LogP contribution in [0.3, 0.4) is 0 Å². The van der Waals surface area contributed by atoms with Crippen LogP contribution in [0.4, 0.5) is 15.9 Å². The van der Waals surface area contributed by atoms with Gasteiger partial charge in [0.05, 0.1) is 12.7 Å². The third-order valence-electron chi connectivity index (χ3n) is 1.41. The molecule has 0 aliphatic heterocycles. The van der Waals surface area contributed by atoms with E-state index >= 15 is 0 Å². The summed E-state index contributed by atoms with van der Waals surface area (Å²) < 4.78 is 13.3. The van der Waals surface area contributed by atoms with Gasteiger partial charge in [0, 0.05) is 0 Å². The van der Waals surface area contributed by atoms with Gasteiger partial charge >= 0.3 is 0 Å². The molecule has 0 aromatic carbocycles. The molecule has 0 saturated heterocycles. The van der Waals surface area contributed by atoms with E-state index in [0.717, 1.165) is 0 Å². The Hall–Kier alpha value is -1.52. The third kappa shape index (κ3) is 1.39. The molecule has 0 bridgehead atoms. The predicted octanol–water partition coefficient (Wildman–Crippen LogP) is 1.52. The van der Waals surface area contributed by atoms with Crippen LogP contribution in [-0.4, -0.2) is 29.9 Å². The summed E-state index contributed by atoms with van der Waals surface area (Å²) in [6.45, 7) is 6.35. The van der Waals surface area contributed by atoms with Crippen molar-refractivity contribution in [3.05, 3.63) is 6.20 Å². The summed E-state index contributed by atoms with van der Waals surface area (Å²) in [5.74, 6) is 0.461. The molecule has 0 unspecified atom stereocenters. The van der Waals surface area contributed by atoms with Crippen molar-refractivity contribution in [3.63, 3.8) is 0 Å². The lowest BCUT2D eigenvalue weighted by Gasteiger charge is -1.98. The lowest BCUT2D eigenvalue weighted by Crippen LogP contribution is -2.00. The minimum atomic E-state index is -0.485. The second kappa shape index (κ2) is 3.75. The molecule has 0 aliphatic carbocycles. The summed E-state index contributed by atoms with van der Waals surface area (Å²) in [7, 11) is 0. The number of hydrogen-bond acceptors (Lipinski definition) is 3. The van der Waals surface area contributed by atoms with E-state index in [1.807, 2.05) is 0 Å². The Morgan fingerprint density at radius 3 is 2.75 bits per heavy atom. The molecule has 0 spiro atoms. The molecule has 1 rings (SSSR count). The SMILES string of the molecule is C=Nc1cnn(CCF)c1N=C. The lowest BCUT2D eigenvalue weighted by atomic mass is 10.5. The summed E-state index contributed by atoms with van der Waals surface area (Å²) >= 11 is 0. The molecule has 1 aromatic heterocycles. The third-order valence-corrected chi connectivity index (χ3v) is 1.41. The van der Waals surface area contributed by atoms with Gasteiger partial charge in [0.1, 0.15) is 12.4 Å². The van der Waals surface area contributed by atoms with Crippen LogP contribution in [-0.2, 0) is 6.54 Å². The van der Waals surface area contributed by atoms with Crippen molar-refractivity contribution in [2.24, 2.45) is 9.98 Å². The molecule has 1 heterocycles. The van der Waals surface area contributed by atoms with Crippen molar-refractivity contribution in [2.75, 3.05) is 6.67 Å².